The summed E-state index contributed by atoms with van der Waals surface area (Å²) in [7, 11) is 1.66. The summed E-state index contributed by atoms with van der Waals surface area (Å²) in [5.41, 5.74) is 3.07. The lowest BCUT2D eigenvalue weighted by molar-refractivity contribution is 0.415. The molecule has 0 spiro atoms. The zero-order chi connectivity index (χ0) is 14.4. The summed E-state index contributed by atoms with van der Waals surface area (Å²) in [6.45, 7) is 2.00. The number of allylic oxidation sites excluding steroid dienone is 2. The van der Waals surface area contributed by atoms with Crippen LogP contribution in [0.2, 0.25) is 0 Å². The normalized spacial score (nSPS) is 11.0. The van der Waals surface area contributed by atoms with Gasteiger partial charge in [-0.3, -0.25) is 0 Å². The van der Waals surface area contributed by atoms with E-state index in [1.165, 1.54) is 0 Å². The van der Waals surface area contributed by atoms with Crippen molar-refractivity contribution in [2.75, 3.05) is 12.4 Å². The minimum absolute atomic E-state index is 0.823. The molecular formula is C17H17NOS. The molecule has 3 heteroatoms. The van der Waals surface area contributed by atoms with Gasteiger partial charge in [-0.1, -0.05) is 42.5 Å². The molecule has 0 aliphatic carbocycles. The van der Waals surface area contributed by atoms with Gasteiger partial charge < -0.3 is 10.1 Å². The fourth-order valence-corrected chi connectivity index (χ4v) is 2.13. The van der Waals surface area contributed by atoms with Crippen LogP contribution in [-0.2, 0) is 0 Å². The number of hydrogen-bond acceptors (Lipinski definition) is 3. The molecule has 0 fully saturated rings. The lowest BCUT2D eigenvalue weighted by Crippen LogP contribution is -2.00. The Morgan fingerprint density at radius 2 is 1.70 bits per heavy atom. The average Bonchev–Trinajstić information content (AvgIpc) is 2.49. The summed E-state index contributed by atoms with van der Waals surface area (Å²) >= 11 is 5.42. The molecule has 0 amide bonds. The molecule has 2 nitrogen and oxygen atoms in total. The molecule has 20 heavy (non-hydrogen) atoms. The van der Waals surface area contributed by atoms with Crippen LogP contribution < -0.4 is 10.1 Å². The number of benzene rings is 2. The zero-order valence-corrected chi connectivity index (χ0v) is 12.4. The number of methoxy groups -OCH3 is 1. The number of thiocarbonyl (C=S) groups is 1. The summed E-state index contributed by atoms with van der Waals surface area (Å²) in [4.78, 5) is 0.823. The van der Waals surface area contributed by atoms with Crippen LogP contribution in [0.25, 0.3) is 0 Å². The van der Waals surface area contributed by atoms with Crippen LogP contribution in [0.5, 0.6) is 5.75 Å². The van der Waals surface area contributed by atoms with Gasteiger partial charge in [0, 0.05) is 16.2 Å². The largest absolute Gasteiger partial charge is 0.497 e. The number of rotatable bonds is 5. The first-order chi connectivity index (χ1) is 9.69. The Morgan fingerprint density at radius 3 is 2.30 bits per heavy atom. The zero-order valence-electron chi connectivity index (χ0n) is 11.6. The van der Waals surface area contributed by atoms with Crippen LogP contribution >= 0.6 is 12.2 Å². The fraction of sp³-hybridized carbons (Fsp3) is 0.118. The highest BCUT2D eigenvalue weighted by Gasteiger charge is 1.99. The van der Waals surface area contributed by atoms with E-state index in [1.807, 2.05) is 67.6 Å². The molecule has 0 bridgehead atoms. The van der Waals surface area contributed by atoms with Crippen LogP contribution in [0, 0.1) is 0 Å². The molecule has 0 saturated heterocycles. The van der Waals surface area contributed by atoms with Crippen molar-refractivity contribution in [3.8, 4) is 5.75 Å². The number of hydrogen-bond donors (Lipinski definition) is 1. The molecule has 2 rings (SSSR count). The van der Waals surface area contributed by atoms with E-state index in [0.29, 0.717) is 0 Å². The predicted molar refractivity (Wildman–Crippen MR) is 88.5 cm³/mol. The molecule has 0 aromatic heterocycles. The number of nitrogens with one attached hydrogen (secondary N) is 1. The van der Waals surface area contributed by atoms with Gasteiger partial charge in [0.05, 0.1) is 7.11 Å². The third kappa shape index (κ3) is 3.93. The predicted octanol–water partition coefficient (Wildman–Crippen LogP) is 4.43. The molecule has 102 valence electrons. The molecule has 1 N–H and O–H groups in total. The van der Waals surface area contributed by atoms with Gasteiger partial charge in [-0.2, -0.15) is 0 Å². The first-order valence-electron chi connectivity index (χ1n) is 6.38. The molecule has 0 unspecified atom stereocenters. The topological polar surface area (TPSA) is 21.3 Å². The maximum atomic E-state index is 5.42. The highest BCUT2D eigenvalue weighted by Crippen LogP contribution is 2.16. The van der Waals surface area contributed by atoms with Gasteiger partial charge in [0.2, 0.25) is 0 Å². The van der Waals surface area contributed by atoms with Crippen LogP contribution in [0.3, 0.4) is 0 Å². The van der Waals surface area contributed by atoms with E-state index in [4.69, 9.17) is 17.0 Å². The van der Waals surface area contributed by atoms with Crippen molar-refractivity contribution in [2.24, 2.45) is 0 Å². The van der Waals surface area contributed by atoms with E-state index in [2.05, 4.69) is 5.32 Å². The highest BCUT2D eigenvalue weighted by atomic mass is 32.1. The van der Waals surface area contributed by atoms with Crippen LogP contribution in [0.1, 0.15) is 12.5 Å². The quantitative estimate of drug-likeness (QED) is 0.498. The monoisotopic (exact) mass is 283 g/mol. The van der Waals surface area contributed by atoms with E-state index < -0.39 is 0 Å². The number of anilines is 1. The molecule has 0 atom stereocenters. The minimum atomic E-state index is 0.823. The van der Waals surface area contributed by atoms with Gasteiger partial charge in [-0.25, -0.2) is 0 Å². The van der Waals surface area contributed by atoms with Gasteiger partial charge in [0.1, 0.15) is 5.75 Å². The third-order valence-corrected chi connectivity index (χ3v) is 3.19. The van der Waals surface area contributed by atoms with Crippen molar-refractivity contribution in [1.82, 2.24) is 0 Å². The first-order valence-corrected chi connectivity index (χ1v) is 6.78. The van der Waals surface area contributed by atoms with Gasteiger partial charge in [0.25, 0.3) is 0 Å². The maximum absolute atomic E-state index is 5.42. The molecule has 0 saturated carbocycles. The smallest absolute Gasteiger partial charge is 0.119 e. The number of ether oxygens (including phenoxy) is 1. The Hall–Kier alpha value is -2.13. The fourth-order valence-electron chi connectivity index (χ4n) is 1.82. The Morgan fingerprint density at radius 1 is 1.05 bits per heavy atom. The SMILES string of the molecule is COc1ccc(N/C(C)=C/C(=S)c2ccccc2)cc1. The standard InChI is InChI=1S/C17H17NOS/c1-13(12-17(20)14-6-4-3-5-7-14)18-15-8-10-16(19-2)11-9-15/h3-12,18H,1-2H3/b13-12+. The van der Waals surface area contributed by atoms with Crippen molar-refractivity contribution < 1.29 is 4.74 Å². The molecule has 0 heterocycles. The van der Waals surface area contributed by atoms with Crippen molar-refractivity contribution >= 4 is 22.8 Å². The van der Waals surface area contributed by atoms with Crippen molar-refractivity contribution in [3.05, 3.63) is 71.9 Å². The second-order valence-electron chi connectivity index (χ2n) is 4.41. The Kier molecular flexibility index (Phi) is 4.91. The lowest BCUT2D eigenvalue weighted by Gasteiger charge is -2.08. The molecule has 0 aliphatic heterocycles. The van der Waals surface area contributed by atoms with Gasteiger partial charge >= 0.3 is 0 Å². The Bertz CT molecular complexity index is 603. The molecule has 2 aromatic rings. The lowest BCUT2D eigenvalue weighted by atomic mass is 10.1. The third-order valence-electron chi connectivity index (χ3n) is 2.84. The molecular weight excluding hydrogens is 266 g/mol. The maximum Gasteiger partial charge on any atom is 0.119 e. The Balaban J connectivity index is 2.05. The Labute approximate surface area is 125 Å². The van der Waals surface area contributed by atoms with E-state index in [0.717, 1.165) is 27.6 Å². The van der Waals surface area contributed by atoms with Crippen LogP contribution in [-0.4, -0.2) is 12.0 Å². The van der Waals surface area contributed by atoms with E-state index in [-0.39, 0.29) is 0 Å². The molecule has 2 aromatic carbocycles. The van der Waals surface area contributed by atoms with Gasteiger partial charge in [-0.05, 0) is 42.8 Å². The van der Waals surface area contributed by atoms with Crippen molar-refractivity contribution in [1.29, 1.82) is 0 Å². The van der Waals surface area contributed by atoms with Crippen LogP contribution in [0.4, 0.5) is 5.69 Å². The summed E-state index contributed by atoms with van der Waals surface area (Å²) in [5.74, 6) is 0.844. The van der Waals surface area contributed by atoms with Gasteiger partial charge in [-0.15, -0.1) is 0 Å². The van der Waals surface area contributed by atoms with E-state index in [1.54, 1.807) is 7.11 Å². The summed E-state index contributed by atoms with van der Waals surface area (Å²) in [6, 6.07) is 17.8. The minimum Gasteiger partial charge on any atom is -0.497 e. The average molecular weight is 283 g/mol. The summed E-state index contributed by atoms with van der Waals surface area (Å²) < 4.78 is 5.13. The second kappa shape index (κ2) is 6.87. The van der Waals surface area contributed by atoms with Crippen molar-refractivity contribution in [2.45, 2.75) is 6.92 Å². The highest BCUT2D eigenvalue weighted by molar-refractivity contribution is 7.81. The summed E-state index contributed by atoms with van der Waals surface area (Å²) in [6.07, 6.45) is 1.97. The summed E-state index contributed by atoms with van der Waals surface area (Å²) in [5, 5.41) is 3.31. The van der Waals surface area contributed by atoms with Crippen LogP contribution in [0.15, 0.2) is 66.4 Å². The van der Waals surface area contributed by atoms with E-state index in [9.17, 15) is 0 Å². The molecule has 0 radical (unpaired) electrons. The first kappa shape index (κ1) is 14.3. The molecule has 0 aliphatic rings. The van der Waals surface area contributed by atoms with Gasteiger partial charge in [0.15, 0.2) is 0 Å². The van der Waals surface area contributed by atoms with Crippen molar-refractivity contribution in [3.63, 3.8) is 0 Å². The second-order valence-corrected chi connectivity index (χ2v) is 4.85. The van der Waals surface area contributed by atoms with E-state index >= 15 is 0 Å².